The molecule has 1 aliphatic heterocycles. The summed E-state index contributed by atoms with van der Waals surface area (Å²) in [5.74, 6) is 0.736. The van der Waals surface area contributed by atoms with E-state index in [1.54, 1.807) is 7.05 Å². The lowest BCUT2D eigenvalue weighted by Gasteiger charge is -2.28. The van der Waals surface area contributed by atoms with E-state index in [4.69, 9.17) is 4.98 Å². The van der Waals surface area contributed by atoms with Crippen molar-refractivity contribution in [2.24, 2.45) is 4.99 Å². The molecule has 3 rings (SSSR count). The molecule has 2 aromatic rings. The van der Waals surface area contributed by atoms with Gasteiger partial charge in [0.15, 0.2) is 0 Å². The molecular formula is C27H34FN5. The van der Waals surface area contributed by atoms with Gasteiger partial charge in [0, 0.05) is 70.2 Å². The molecule has 0 amide bonds. The third-order valence-electron chi connectivity index (χ3n) is 5.53. The molecule has 1 fully saturated rings. The normalized spacial score (nSPS) is 19.5. The Morgan fingerprint density at radius 3 is 2.73 bits per heavy atom. The van der Waals surface area contributed by atoms with Crippen molar-refractivity contribution in [2.45, 2.75) is 25.6 Å². The van der Waals surface area contributed by atoms with Crippen molar-refractivity contribution in [3.05, 3.63) is 72.5 Å². The fourth-order valence-electron chi connectivity index (χ4n) is 3.98. The SMILES string of the molecule is C=C/C(=C\N(C)C)c1cccc(-c2ccc(C(/C=N\C)=C/C)c(NC3CNC[C@@H](F)C3)n2)c1. The zero-order chi connectivity index (χ0) is 23.8. The highest BCUT2D eigenvalue weighted by molar-refractivity contribution is 6.11. The van der Waals surface area contributed by atoms with Crippen LogP contribution in [0.4, 0.5) is 10.2 Å². The lowest BCUT2D eigenvalue weighted by atomic mass is 10.00. The summed E-state index contributed by atoms with van der Waals surface area (Å²) in [4.78, 5) is 11.2. The molecule has 0 radical (unpaired) electrons. The predicted octanol–water partition coefficient (Wildman–Crippen LogP) is 5.05. The Morgan fingerprint density at radius 2 is 2.06 bits per heavy atom. The molecule has 2 N–H and O–H groups in total. The molecule has 33 heavy (non-hydrogen) atoms. The summed E-state index contributed by atoms with van der Waals surface area (Å²) in [5, 5.41) is 6.64. The van der Waals surface area contributed by atoms with Crippen molar-refractivity contribution >= 4 is 23.2 Å². The Balaban J connectivity index is 2.03. The minimum absolute atomic E-state index is 0.0337. The van der Waals surface area contributed by atoms with Gasteiger partial charge in [-0.05, 0) is 41.8 Å². The van der Waals surface area contributed by atoms with E-state index in [1.807, 2.05) is 62.6 Å². The predicted molar refractivity (Wildman–Crippen MR) is 139 cm³/mol. The Morgan fingerprint density at radius 1 is 1.24 bits per heavy atom. The van der Waals surface area contributed by atoms with Gasteiger partial charge < -0.3 is 15.5 Å². The maximum Gasteiger partial charge on any atom is 0.134 e. The zero-order valence-electron chi connectivity index (χ0n) is 20.0. The molecule has 1 unspecified atom stereocenters. The summed E-state index contributed by atoms with van der Waals surface area (Å²) in [5.41, 5.74) is 5.88. The Bertz CT molecular complexity index is 1050. The van der Waals surface area contributed by atoms with E-state index < -0.39 is 6.17 Å². The van der Waals surface area contributed by atoms with E-state index >= 15 is 0 Å². The molecule has 2 heterocycles. The molecule has 1 aromatic carbocycles. The van der Waals surface area contributed by atoms with Gasteiger partial charge in [-0.3, -0.25) is 4.99 Å². The molecule has 0 saturated carbocycles. The third kappa shape index (κ3) is 6.39. The van der Waals surface area contributed by atoms with Crippen molar-refractivity contribution in [1.29, 1.82) is 0 Å². The zero-order valence-corrected chi connectivity index (χ0v) is 20.0. The number of allylic oxidation sites excluding steroid dienone is 4. The molecule has 0 bridgehead atoms. The second kappa shape index (κ2) is 11.6. The second-order valence-electron chi connectivity index (χ2n) is 8.39. The first-order valence-corrected chi connectivity index (χ1v) is 11.3. The van der Waals surface area contributed by atoms with Crippen molar-refractivity contribution in [2.75, 3.05) is 39.5 Å². The summed E-state index contributed by atoms with van der Waals surface area (Å²) in [6.07, 6.45) is 7.32. The average Bonchev–Trinajstić information content (AvgIpc) is 2.81. The van der Waals surface area contributed by atoms with Gasteiger partial charge in [-0.25, -0.2) is 9.37 Å². The summed E-state index contributed by atoms with van der Waals surface area (Å²) in [6, 6.07) is 12.3. The van der Waals surface area contributed by atoms with Gasteiger partial charge in [0.2, 0.25) is 0 Å². The van der Waals surface area contributed by atoms with Gasteiger partial charge in [0.25, 0.3) is 0 Å². The number of hydrogen-bond donors (Lipinski definition) is 2. The van der Waals surface area contributed by atoms with Gasteiger partial charge in [-0.2, -0.15) is 0 Å². The van der Waals surface area contributed by atoms with Crippen molar-refractivity contribution in [1.82, 2.24) is 15.2 Å². The van der Waals surface area contributed by atoms with E-state index in [0.29, 0.717) is 19.5 Å². The van der Waals surface area contributed by atoms with Crippen LogP contribution in [-0.4, -0.2) is 62.5 Å². The number of benzene rings is 1. The first kappa shape index (κ1) is 24.4. The van der Waals surface area contributed by atoms with E-state index in [9.17, 15) is 4.39 Å². The van der Waals surface area contributed by atoms with Crippen molar-refractivity contribution in [3.63, 3.8) is 0 Å². The fourth-order valence-corrected chi connectivity index (χ4v) is 3.98. The van der Waals surface area contributed by atoms with Crippen LogP contribution in [0.3, 0.4) is 0 Å². The summed E-state index contributed by atoms with van der Waals surface area (Å²) in [7, 11) is 5.74. The minimum atomic E-state index is -0.862. The highest BCUT2D eigenvalue weighted by atomic mass is 19.1. The monoisotopic (exact) mass is 447 g/mol. The highest BCUT2D eigenvalue weighted by Gasteiger charge is 2.22. The molecule has 1 aliphatic rings. The van der Waals surface area contributed by atoms with Crippen LogP contribution in [0.15, 0.2) is 66.3 Å². The number of anilines is 1. The van der Waals surface area contributed by atoms with Crippen molar-refractivity contribution in [3.8, 4) is 11.3 Å². The van der Waals surface area contributed by atoms with Crippen LogP contribution in [0, 0.1) is 0 Å². The van der Waals surface area contributed by atoms with Crippen LogP contribution >= 0.6 is 0 Å². The van der Waals surface area contributed by atoms with E-state index in [0.717, 1.165) is 39.3 Å². The molecule has 1 saturated heterocycles. The van der Waals surface area contributed by atoms with Crippen molar-refractivity contribution < 1.29 is 4.39 Å². The first-order valence-electron chi connectivity index (χ1n) is 11.3. The number of piperidine rings is 1. The summed E-state index contributed by atoms with van der Waals surface area (Å²) < 4.78 is 14.0. The van der Waals surface area contributed by atoms with Crippen LogP contribution in [0.2, 0.25) is 0 Å². The number of nitrogens with one attached hydrogen (secondary N) is 2. The van der Waals surface area contributed by atoms with E-state index in [-0.39, 0.29) is 6.04 Å². The highest BCUT2D eigenvalue weighted by Crippen LogP contribution is 2.29. The minimum Gasteiger partial charge on any atom is -0.383 e. The first-order chi connectivity index (χ1) is 15.9. The fraction of sp³-hybridized carbons (Fsp3) is 0.333. The van der Waals surface area contributed by atoms with Crippen LogP contribution in [-0.2, 0) is 0 Å². The number of alkyl halides is 1. The van der Waals surface area contributed by atoms with Crippen LogP contribution in [0.5, 0.6) is 0 Å². The largest absolute Gasteiger partial charge is 0.383 e. The van der Waals surface area contributed by atoms with E-state index in [1.165, 1.54) is 0 Å². The van der Waals surface area contributed by atoms with Gasteiger partial charge >= 0.3 is 0 Å². The second-order valence-corrected chi connectivity index (χ2v) is 8.39. The number of aliphatic imine (C=N–C) groups is 1. The van der Waals surface area contributed by atoms with Crippen LogP contribution in [0.1, 0.15) is 24.5 Å². The lowest BCUT2D eigenvalue weighted by Crippen LogP contribution is -2.44. The molecule has 6 heteroatoms. The van der Waals surface area contributed by atoms with Gasteiger partial charge in [0.1, 0.15) is 12.0 Å². The third-order valence-corrected chi connectivity index (χ3v) is 5.53. The van der Waals surface area contributed by atoms with Crippen LogP contribution in [0.25, 0.3) is 22.4 Å². The number of pyridine rings is 1. The van der Waals surface area contributed by atoms with E-state index in [2.05, 4.69) is 46.5 Å². The summed E-state index contributed by atoms with van der Waals surface area (Å²) in [6.45, 7) is 7.04. The van der Waals surface area contributed by atoms with Crippen LogP contribution < -0.4 is 10.6 Å². The number of rotatable bonds is 8. The molecule has 0 aliphatic carbocycles. The molecule has 5 nitrogen and oxygen atoms in total. The number of nitrogens with zero attached hydrogens (tertiary/aromatic N) is 3. The molecule has 1 aromatic heterocycles. The maximum atomic E-state index is 14.0. The maximum absolute atomic E-state index is 14.0. The average molecular weight is 448 g/mol. The Hall–Kier alpha value is -3.25. The Kier molecular flexibility index (Phi) is 8.55. The van der Waals surface area contributed by atoms with Gasteiger partial charge in [-0.15, -0.1) is 0 Å². The quantitative estimate of drug-likeness (QED) is 0.439. The molecule has 2 atom stereocenters. The number of halogens is 1. The molecule has 0 spiro atoms. The lowest BCUT2D eigenvalue weighted by molar-refractivity contribution is 0.255. The molecule has 174 valence electrons. The molecular weight excluding hydrogens is 413 g/mol. The van der Waals surface area contributed by atoms with Gasteiger partial charge in [-0.1, -0.05) is 36.9 Å². The smallest absolute Gasteiger partial charge is 0.134 e. The topological polar surface area (TPSA) is 52.5 Å². The standard InChI is InChI=1S/C27H34FN5/c1-6-19(15-29-3)25-11-12-26(32-27(25)31-24-14-23(28)16-30-17-24)22-10-8-9-21(13-22)20(7-2)18-33(4)5/h6-13,15,18,23-24,30H,2,14,16-17H2,1,3-5H3,(H,31,32)/b19-6+,20-18+,29-15-/t23-,24?/m0/s1. The number of aromatic nitrogens is 1. The van der Waals surface area contributed by atoms with Gasteiger partial charge in [0.05, 0.1) is 5.69 Å². The number of hydrogen-bond acceptors (Lipinski definition) is 5. The summed E-state index contributed by atoms with van der Waals surface area (Å²) >= 11 is 0. The Labute approximate surface area is 196 Å².